The number of halogens is 5. The summed E-state index contributed by atoms with van der Waals surface area (Å²) >= 11 is 0. The Kier molecular flexibility index (Phi) is 6.46. The minimum Gasteiger partial charge on any atom is -0.356 e. The van der Waals surface area contributed by atoms with Crippen LogP contribution in [0.2, 0.25) is 0 Å². The molecular weight excluding hydrogens is 457 g/mol. The van der Waals surface area contributed by atoms with Crippen molar-refractivity contribution < 1.29 is 26.7 Å². The van der Waals surface area contributed by atoms with Gasteiger partial charge in [-0.1, -0.05) is 13.8 Å². The number of alkyl halides is 3. The highest BCUT2D eigenvalue weighted by atomic mass is 19.4. The van der Waals surface area contributed by atoms with E-state index in [-0.39, 0.29) is 23.4 Å². The number of hydrogen-bond acceptors (Lipinski definition) is 4. The first kappa shape index (κ1) is 23.9. The first-order valence-electron chi connectivity index (χ1n) is 10.9. The molecule has 0 spiro atoms. The van der Waals surface area contributed by atoms with Gasteiger partial charge in [-0.25, -0.2) is 18.7 Å². The molecular formula is C23H24F5N5O. The molecule has 0 saturated carbocycles. The molecule has 1 aliphatic rings. The summed E-state index contributed by atoms with van der Waals surface area (Å²) in [6.45, 7) is 4.76. The molecule has 1 atom stereocenters. The van der Waals surface area contributed by atoms with Gasteiger partial charge in [0, 0.05) is 37.5 Å². The Morgan fingerprint density at radius 2 is 1.76 bits per heavy atom. The Balaban J connectivity index is 1.42. The number of benzene rings is 1. The zero-order valence-electron chi connectivity index (χ0n) is 18.6. The van der Waals surface area contributed by atoms with E-state index in [1.807, 2.05) is 18.7 Å². The molecule has 1 fully saturated rings. The topological polar surface area (TPSA) is 63.1 Å². The Hall–Kier alpha value is -3.24. The van der Waals surface area contributed by atoms with Crippen LogP contribution in [-0.2, 0) is 11.0 Å². The number of hydrogen-bond donors (Lipinski definition) is 1. The van der Waals surface area contributed by atoms with Crippen molar-refractivity contribution in [3.63, 3.8) is 0 Å². The van der Waals surface area contributed by atoms with E-state index in [9.17, 15) is 26.7 Å². The molecule has 1 N–H and O–H groups in total. The molecule has 6 nitrogen and oxygen atoms in total. The second-order valence-electron chi connectivity index (χ2n) is 8.77. The van der Waals surface area contributed by atoms with Crippen LogP contribution in [0.5, 0.6) is 0 Å². The predicted octanol–water partition coefficient (Wildman–Crippen LogP) is 4.71. The molecule has 1 unspecified atom stereocenters. The van der Waals surface area contributed by atoms with Crippen LogP contribution in [0.3, 0.4) is 0 Å². The van der Waals surface area contributed by atoms with Crippen LogP contribution in [0, 0.1) is 17.6 Å². The van der Waals surface area contributed by atoms with Gasteiger partial charge in [0.2, 0.25) is 5.91 Å². The minimum absolute atomic E-state index is 0.136. The summed E-state index contributed by atoms with van der Waals surface area (Å²) in [6.07, 6.45) is -1.03. The van der Waals surface area contributed by atoms with Gasteiger partial charge in [0.25, 0.3) is 0 Å². The molecule has 1 saturated heterocycles. The Morgan fingerprint density at radius 1 is 1.09 bits per heavy atom. The second-order valence-corrected chi connectivity index (χ2v) is 8.77. The number of piperidine rings is 1. The summed E-state index contributed by atoms with van der Waals surface area (Å²) < 4.78 is 67.2. The fourth-order valence-corrected chi connectivity index (χ4v) is 4.27. The number of nitrogens with one attached hydrogen (secondary N) is 1. The Labute approximate surface area is 192 Å². The molecule has 1 aliphatic heterocycles. The van der Waals surface area contributed by atoms with Crippen molar-refractivity contribution in [2.75, 3.05) is 18.0 Å². The van der Waals surface area contributed by atoms with Crippen molar-refractivity contribution in [2.24, 2.45) is 5.92 Å². The summed E-state index contributed by atoms with van der Waals surface area (Å²) in [5.74, 6) is -1.97. The first-order chi connectivity index (χ1) is 16.0. The van der Waals surface area contributed by atoms with Crippen molar-refractivity contribution in [1.29, 1.82) is 0 Å². The van der Waals surface area contributed by atoms with Gasteiger partial charge in [0.15, 0.2) is 11.6 Å². The number of carbonyl (C=O) groups is 1. The zero-order valence-corrected chi connectivity index (χ0v) is 18.6. The van der Waals surface area contributed by atoms with Crippen LogP contribution in [0.15, 0.2) is 36.8 Å². The molecule has 1 aromatic carbocycles. The summed E-state index contributed by atoms with van der Waals surface area (Å²) in [7, 11) is 0. The van der Waals surface area contributed by atoms with E-state index >= 15 is 0 Å². The molecule has 3 heterocycles. The van der Waals surface area contributed by atoms with Crippen molar-refractivity contribution in [2.45, 2.75) is 44.9 Å². The molecule has 0 radical (unpaired) electrons. The molecule has 0 bridgehead atoms. The van der Waals surface area contributed by atoms with Crippen molar-refractivity contribution in [3.8, 4) is 0 Å². The lowest BCUT2D eigenvalue weighted by Crippen LogP contribution is -2.47. The van der Waals surface area contributed by atoms with Gasteiger partial charge in [0.1, 0.15) is 11.9 Å². The van der Waals surface area contributed by atoms with Crippen LogP contribution in [0.1, 0.15) is 38.3 Å². The maximum Gasteiger partial charge on any atom is 0.417 e. The number of rotatable bonds is 5. The van der Waals surface area contributed by atoms with Gasteiger partial charge in [-0.15, -0.1) is 0 Å². The molecule has 182 valence electrons. The van der Waals surface area contributed by atoms with Crippen molar-refractivity contribution in [1.82, 2.24) is 19.9 Å². The minimum atomic E-state index is -4.43. The lowest BCUT2D eigenvalue weighted by molar-refractivity contribution is -0.137. The lowest BCUT2D eigenvalue weighted by Gasteiger charge is -2.34. The van der Waals surface area contributed by atoms with E-state index in [0.29, 0.717) is 37.3 Å². The predicted molar refractivity (Wildman–Crippen MR) is 116 cm³/mol. The smallest absolute Gasteiger partial charge is 0.356 e. The van der Waals surface area contributed by atoms with E-state index < -0.39 is 29.4 Å². The standard InChI is InChI=1S/C23H24F5N5O/c1-13(2)21(33-12-30-18-9-16(24)17(25)10-19(18)33)22(34)31-15-5-7-32(8-6-15)20-4-3-14(11-29-20)23(26,27)28/h3-4,9-13,15,21H,5-8H2,1-2H3,(H,31,34). The number of nitrogens with zero attached hydrogens (tertiary/aromatic N) is 4. The number of anilines is 1. The molecule has 4 rings (SSSR count). The lowest BCUT2D eigenvalue weighted by atomic mass is 10.00. The highest BCUT2D eigenvalue weighted by Gasteiger charge is 2.32. The molecule has 3 aromatic rings. The number of carbonyl (C=O) groups excluding carboxylic acids is 1. The van der Waals surface area contributed by atoms with Gasteiger partial charge >= 0.3 is 6.18 Å². The fraction of sp³-hybridized carbons (Fsp3) is 0.435. The number of imidazole rings is 1. The molecule has 1 amide bonds. The Bertz CT molecular complexity index is 1170. The third-order valence-electron chi connectivity index (χ3n) is 6.06. The van der Waals surface area contributed by atoms with E-state index in [0.717, 1.165) is 24.4 Å². The van der Waals surface area contributed by atoms with Gasteiger partial charge in [0.05, 0.1) is 22.9 Å². The number of fused-ring (bicyclic) bond motifs is 1. The second kappa shape index (κ2) is 9.19. The van der Waals surface area contributed by atoms with Crippen LogP contribution >= 0.6 is 0 Å². The molecule has 11 heteroatoms. The average molecular weight is 481 g/mol. The third kappa shape index (κ3) is 4.83. The van der Waals surface area contributed by atoms with E-state index in [2.05, 4.69) is 15.3 Å². The van der Waals surface area contributed by atoms with Crippen molar-refractivity contribution >= 4 is 22.8 Å². The van der Waals surface area contributed by atoms with Crippen LogP contribution < -0.4 is 10.2 Å². The van der Waals surface area contributed by atoms with E-state index in [1.54, 1.807) is 4.57 Å². The van der Waals surface area contributed by atoms with Crippen LogP contribution in [0.25, 0.3) is 11.0 Å². The monoisotopic (exact) mass is 481 g/mol. The molecule has 34 heavy (non-hydrogen) atoms. The summed E-state index contributed by atoms with van der Waals surface area (Å²) in [5, 5.41) is 3.03. The summed E-state index contributed by atoms with van der Waals surface area (Å²) in [6, 6.07) is 3.58. The molecule has 2 aromatic heterocycles. The highest BCUT2D eigenvalue weighted by Crippen LogP contribution is 2.30. The normalized spacial score (nSPS) is 16.3. The summed E-state index contributed by atoms with van der Waals surface area (Å²) in [4.78, 5) is 23.1. The third-order valence-corrected chi connectivity index (χ3v) is 6.06. The van der Waals surface area contributed by atoms with Gasteiger partial charge in [-0.05, 0) is 30.9 Å². The first-order valence-corrected chi connectivity index (χ1v) is 10.9. The fourth-order valence-electron chi connectivity index (χ4n) is 4.27. The summed E-state index contributed by atoms with van der Waals surface area (Å²) in [5.41, 5.74) is -0.210. The SMILES string of the molecule is CC(C)C(C(=O)NC1CCN(c2ccc(C(F)(F)F)cn2)CC1)n1cnc2cc(F)c(F)cc21. The Morgan fingerprint density at radius 3 is 2.35 bits per heavy atom. The maximum atomic E-state index is 13.8. The molecule has 0 aliphatic carbocycles. The van der Waals surface area contributed by atoms with E-state index in [1.165, 1.54) is 12.4 Å². The number of amides is 1. The highest BCUT2D eigenvalue weighted by molar-refractivity contribution is 5.84. The van der Waals surface area contributed by atoms with Crippen molar-refractivity contribution in [3.05, 3.63) is 54.0 Å². The van der Waals surface area contributed by atoms with Gasteiger partial charge < -0.3 is 14.8 Å². The quantitative estimate of drug-likeness (QED) is 0.537. The van der Waals surface area contributed by atoms with Gasteiger partial charge in [-0.3, -0.25) is 4.79 Å². The van der Waals surface area contributed by atoms with Crippen LogP contribution in [-0.4, -0.2) is 39.6 Å². The average Bonchev–Trinajstić information content (AvgIpc) is 3.16. The zero-order chi connectivity index (χ0) is 24.6. The maximum absolute atomic E-state index is 13.8. The van der Waals surface area contributed by atoms with Crippen LogP contribution in [0.4, 0.5) is 27.8 Å². The number of aromatic nitrogens is 3. The largest absolute Gasteiger partial charge is 0.417 e. The van der Waals surface area contributed by atoms with Gasteiger partial charge in [-0.2, -0.15) is 13.2 Å². The van der Waals surface area contributed by atoms with E-state index in [4.69, 9.17) is 0 Å². The number of pyridine rings is 1.